The SMILES string of the molecule is COC(F)(F)[C@H](F)Cl. The fourth-order valence-corrected chi connectivity index (χ4v) is 0.178. The molecule has 0 rings (SSSR count). The second-order valence-electron chi connectivity index (χ2n) is 1.07. The van der Waals surface area contributed by atoms with E-state index in [2.05, 4.69) is 16.3 Å². The van der Waals surface area contributed by atoms with E-state index in [0.717, 1.165) is 0 Å². The predicted octanol–water partition coefficient (Wildman–Crippen LogP) is 1.76. The van der Waals surface area contributed by atoms with Crippen LogP contribution in [0.15, 0.2) is 0 Å². The minimum atomic E-state index is -3.86. The molecular weight excluding hydrogens is 144 g/mol. The van der Waals surface area contributed by atoms with Crippen LogP contribution in [0.5, 0.6) is 0 Å². The molecule has 0 spiro atoms. The van der Waals surface area contributed by atoms with Gasteiger partial charge < -0.3 is 4.74 Å². The number of ether oxygens (including phenoxy) is 1. The van der Waals surface area contributed by atoms with E-state index in [-0.39, 0.29) is 0 Å². The van der Waals surface area contributed by atoms with E-state index in [4.69, 9.17) is 0 Å². The molecule has 0 fully saturated rings. The van der Waals surface area contributed by atoms with Crippen LogP contribution in [0.2, 0.25) is 0 Å². The maximum atomic E-state index is 11.5. The van der Waals surface area contributed by atoms with Crippen LogP contribution in [0, 0.1) is 0 Å². The Morgan fingerprint density at radius 2 is 2.00 bits per heavy atom. The first-order chi connectivity index (χ1) is 3.50. The first-order valence-electron chi connectivity index (χ1n) is 1.72. The van der Waals surface area contributed by atoms with Gasteiger partial charge >= 0.3 is 6.11 Å². The standard InChI is InChI=1S/C3H4ClF3O/c1-8-3(6,7)2(4)5/h2H,1H3/t2-/m0/s1. The number of alkyl halides is 4. The van der Waals surface area contributed by atoms with Gasteiger partial charge in [0.25, 0.3) is 5.63 Å². The lowest BCUT2D eigenvalue weighted by Gasteiger charge is -2.11. The van der Waals surface area contributed by atoms with Gasteiger partial charge in [-0.2, -0.15) is 8.78 Å². The zero-order valence-electron chi connectivity index (χ0n) is 4.00. The summed E-state index contributed by atoms with van der Waals surface area (Å²) in [6.07, 6.45) is -3.86. The molecule has 5 heteroatoms. The van der Waals surface area contributed by atoms with E-state index < -0.39 is 11.7 Å². The van der Waals surface area contributed by atoms with Crippen molar-refractivity contribution in [3.63, 3.8) is 0 Å². The Morgan fingerprint density at radius 1 is 1.62 bits per heavy atom. The van der Waals surface area contributed by atoms with Gasteiger partial charge in [-0.1, -0.05) is 11.6 Å². The molecule has 0 bridgehead atoms. The van der Waals surface area contributed by atoms with Crippen molar-refractivity contribution in [3.8, 4) is 0 Å². The van der Waals surface area contributed by atoms with Crippen molar-refractivity contribution in [1.82, 2.24) is 0 Å². The Hall–Kier alpha value is 0.0400. The van der Waals surface area contributed by atoms with Crippen LogP contribution in [0.4, 0.5) is 13.2 Å². The molecule has 0 aliphatic carbocycles. The predicted molar refractivity (Wildman–Crippen MR) is 22.7 cm³/mol. The monoisotopic (exact) mass is 148 g/mol. The van der Waals surface area contributed by atoms with Crippen molar-refractivity contribution < 1.29 is 17.9 Å². The first-order valence-corrected chi connectivity index (χ1v) is 2.15. The van der Waals surface area contributed by atoms with E-state index in [1.807, 2.05) is 0 Å². The Bertz CT molecular complexity index is 74.9. The highest BCUT2D eigenvalue weighted by molar-refractivity contribution is 6.20. The summed E-state index contributed by atoms with van der Waals surface area (Å²) in [6.45, 7) is 0. The van der Waals surface area contributed by atoms with E-state index in [1.54, 1.807) is 0 Å². The molecule has 0 radical (unpaired) electrons. The molecule has 0 aliphatic rings. The summed E-state index contributed by atoms with van der Waals surface area (Å²) in [7, 11) is 0.676. The summed E-state index contributed by atoms with van der Waals surface area (Å²) in [6, 6.07) is 0. The Balaban J connectivity index is 3.71. The quantitative estimate of drug-likeness (QED) is 0.543. The molecule has 0 amide bonds. The van der Waals surface area contributed by atoms with Crippen LogP contribution in [0.1, 0.15) is 0 Å². The van der Waals surface area contributed by atoms with Crippen LogP contribution in [-0.4, -0.2) is 18.8 Å². The van der Waals surface area contributed by atoms with Gasteiger partial charge in [0, 0.05) is 7.11 Å². The third-order valence-electron chi connectivity index (χ3n) is 0.526. The van der Waals surface area contributed by atoms with Gasteiger partial charge in [0.2, 0.25) is 0 Å². The molecule has 8 heavy (non-hydrogen) atoms. The highest BCUT2D eigenvalue weighted by Crippen LogP contribution is 2.24. The molecule has 1 atom stereocenters. The second kappa shape index (κ2) is 2.55. The van der Waals surface area contributed by atoms with Crippen molar-refractivity contribution in [2.75, 3.05) is 7.11 Å². The smallest absolute Gasteiger partial charge is 0.321 e. The van der Waals surface area contributed by atoms with E-state index >= 15 is 0 Å². The molecule has 0 saturated heterocycles. The second-order valence-corrected chi connectivity index (χ2v) is 1.45. The molecule has 0 heterocycles. The third kappa shape index (κ3) is 1.88. The van der Waals surface area contributed by atoms with Crippen molar-refractivity contribution >= 4 is 11.6 Å². The Morgan fingerprint density at radius 3 is 2.00 bits per heavy atom. The van der Waals surface area contributed by atoms with Gasteiger partial charge in [-0.25, -0.2) is 4.39 Å². The highest BCUT2D eigenvalue weighted by Gasteiger charge is 2.38. The molecule has 0 aromatic rings. The summed E-state index contributed by atoms with van der Waals surface area (Å²) in [5.41, 5.74) is -2.77. The van der Waals surface area contributed by atoms with Crippen molar-refractivity contribution in [1.29, 1.82) is 0 Å². The van der Waals surface area contributed by atoms with Gasteiger partial charge in [0.1, 0.15) is 0 Å². The summed E-state index contributed by atoms with van der Waals surface area (Å²) < 4.78 is 37.8. The number of hydrogen-bond donors (Lipinski definition) is 0. The average molecular weight is 149 g/mol. The molecule has 0 saturated carbocycles. The molecular formula is C3H4ClF3O. The zero-order valence-corrected chi connectivity index (χ0v) is 4.75. The summed E-state index contributed by atoms with van der Waals surface area (Å²) in [4.78, 5) is 0. The zero-order chi connectivity index (χ0) is 6.78. The van der Waals surface area contributed by atoms with Crippen LogP contribution < -0.4 is 0 Å². The van der Waals surface area contributed by atoms with Gasteiger partial charge in [-0.05, 0) is 0 Å². The van der Waals surface area contributed by atoms with Gasteiger partial charge in [0.05, 0.1) is 0 Å². The molecule has 0 unspecified atom stereocenters. The van der Waals surface area contributed by atoms with E-state index in [0.29, 0.717) is 7.11 Å². The maximum absolute atomic E-state index is 11.5. The molecule has 0 N–H and O–H groups in total. The largest absolute Gasteiger partial charge is 0.400 e. The van der Waals surface area contributed by atoms with E-state index in [1.165, 1.54) is 0 Å². The minimum absolute atomic E-state index is 0.676. The third-order valence-corrected chi connectivity index (χ3v) is 0.780. The molecule has 0 aromatic heterocycles. The van der Waals surface area contributed by atoms with Crippen LogP contribution in [0.3, 0.4) is 0 Å². The van der Waals surface area contributed by atoms with Gasteiger partial charge in [0.15, 0.2) is 0 Å². The fraction of sp³-hybridized carbons (Fsp3) is 1.00. The summed E-state index contributed by atoms with van der Waals surface area (Å²) in [5.74, 6) is 0. The van der Waals surface area contributed by atoms with Crippen molar-refractivity contribution in [3.05, 3.63) is 0 Å². The Labute approximate surface area is 49.4 Å². The van der Waals surface area contributed by atoms with Gasteiger partial charge in [-0.15, -0.1) is 0 Å². The van der Waals surface area contributed by atoms with Gasteiger partial charge in [-0.3, -0.25) is 0 Å². The maximum Gasteiger partial charge on any atom is 0.400 e. The lowest BCUT2D eigenvalue weighted by Crippen LogP contribution is -2.27. The normalized spacial score (nSPS) is 16.1. The molecule has 1 nitrogen and oxygen atoms in total. The lowest BCUT2D eigenvalue weighted by atomic mass is 10.7. The number of halogens is 4. The number of rotatable bonds is 2. The molecule has 0 aromatic carbocycles. The molecule has 50 valence electrons. The Kier molecular flexibility index (Phi) is 2.56. The fourth-order valence-electron chi connectivity index (χ4n) is 0.0891. The van der Waals surface area contributed by atoms with Crippen molar-refractivity contribution in [2.45, 2.75) is 11.7 Å². The van der Waals surface area contributed by atoms with Crippen LogP contribution >= 0.6 is 11.6 Å². The number of hydrogen-bond acceptors (Lipinski definition) is 1. The highest BCUT2D eigenvalue weighted by atomic mass is 35.5. The molecule has 0 aliphatic heterocycles. The van der Waals surface area contributed by atoms with Crippen molar-refractivity contribution in [2.24, 2.45) is 0 Å². The average Bonchev–Trinajstić information content (AvgIpc) is 1.67. The lowest BCUT2D eigenvalue weighted by molar-refractivity contribution is -0.240. The summed E-state index contributed by atoms with van der Waals surface area (Å²) in [5, 5.41) is 0. The summed E-state index contributed by atoms with van der Waals surface area (Å²) >= 11 is 4.33. The minimum Gasteiger partial charge on any atom is -0.321 e. The first kappa shape index (κ1) is 8.04. The topological polar surface area (TPSA) is 9.23 Å². The van der Waals surface area contributed by atoms with Crippen LogP contribution in [0.25, 0.3) is 0 Å². The van der Waals surface area contributed by atoms with Crippen LogP contribution in [-0.2, 0) is 4.74 Å². The van der Waals surface area contributed by atoms with E-state index in [9.17, 15) is 13.2 Å². The number of methoxy groups -OCH3 is 1.